The van der Waals surface area contributed by atoms with Gasteiger partial charge in [0.05, 0.1) is 0 Å². The summed E-state index contributed by atoms with van der Waals surface area (Å²) in [4.78, 5) is 0. The second kappa shape index (κ2) is 7.01. The van der Waals surface area contributed by atoms with E-state index in [1.165, 1.54) is 56.2 Å². The molecule has 1 nitrogen and oxygen atoms in total. The Morgan fingerprint density at radius 3 is 2.11 bits per heavy atom. The zero-order valence-corrected chi connectivity index (χ0v) is 13.0. The van der Waals surface area contributed by atoms with Crippen molar-refractivity contribution < 1.29 is 0 Å². The Labute approximate surface area is 114 Å². The first-order valence-corrected chi connectivity index (χ1v) is 7.72. The number of allylic oxidation sites excluding steroid dienone is 4. The third-order valence-electron chi connectivity index (χ3n) is 4.61. The molecule has 0 spiro atoms. The standard InChI is InChI=1S/C17H31N/c1-6-11-17(8-3,12-7-2)16-10-9-15(18-5)13-14(16)4/h13,18H,6-12H2,1-5H3. The Kier molecular flexibility index (Phi) is 5.98. The number of rotatable bonds is 7. The van der Waals surface area contributed by atoms with Crippen molar-refractivity contribution in [1.29, 1.82) is 0 Å². The molecule has 1 rings (SSSR count). The third-order valence-corrected chi connectivity index (χ3v) is 4.61. The van der Waals surface area contributed by atoms with Gasteiger partial charge in [-0.3, -0.25) is 0 Å². The predicted octanol–water partition coefficient (Wildman–Crippen LogP) is 5.20. The van der Waals surface area contributed by atoms with Crippen molar-refractivity contribution >= 4 is 0 Å². The average molecular weight is 249 g/mol. The Hall–Kier alpha value is -0.720. The SMILES string of the molecule is CCCC(CC)(CCC)C1=C(C)C=C(NC)CC1. The van der Waals surface area contributed by atoms with Crippen molar-refractivity contribution in [2.75, 3.05) is 7.05 Å². The fraction of sp³-hybridized carbons (Fsp3) is 0.765. The summed E-state index contributed by atoms with van der Waals surface area (Å²) in [5.74, 6) is 0. The molecule has 1 aliphatic rings. The Balaban J connectivity index is 3.08. The molecular formula is C17H31N. The fourth-order valence-corrected chi connectivity index (χ4v) is 3.71. The number of hydrogen-bond donors (Lipinski definition) is 1. The lowest BCUT2D eigenvalue weighted by Crippen LogP contribution is -2.26. The van der Waals surface area contributed by atoms with Crippen LogP contribution in [0.3, 0.4) is 0 Å². The molecule has 0 heterocycles. The van der Waals surface area contributed by atoms with E-state index >= 15 is 0 Å². The van der Waals surface area contributed by atoms with Crippen LogP contribution in [-0.4, -0.2) is 7.05 Å². The third kappa shape index (κ3) is 3.18. The molecular weight excluding hydrogens is 218 g/mol. The molecule has 0 saturated heterocycles. The largest absolute Gasteiger partial charge is 0.391 e. The normalized spacial score (nSPS) is 16.8. The van der Waals surface area contributed by atoms with Crippen LogP contribution in [0.25, 0.3) is 0 Å². The average Bonchev–Trinajstić information content (AvgIpc) is 2.38. The van der Waals surface area contributed by atoms with Crippen molar-refractivity contribution in [2.24, 2.45) is 5.41 Å². The van der Waals surface area contributed by atoms with Crippen LogP contribution in [0.4, 0.5) is 0 Å². The Morgan fingerprint density at radius 1 is 1.11 bits per heavy atom. The van der Waals surface area contributed by atoms with Gasteiger partial charge in [-0.05, 0) is 56.1 Å². The molecule has 0 saturated carbocycles. The first-order chi connectivity index (χ1) is 8.63. The van der Waals surface area contributed by atoms with E-state index < -0.39 is 0 Å². The van der Waals surface area contributed by atoms with E-state index in [2.05, 4.69) is 39.1 Å². The molecule has 1 aliphatic carbocycles. The molecule has 0 atom stereocenters. The number of hydrogen-bond acceptors (Lipinski definition) is 1. The van der Waals surface area contributed by atoms with E-state index in [4.69, 9.17) is 0 Å². The molecule has 0 aromatic carbocycles. The van der Waals surface area contributed by atoms with Crippen molar-refractivity contribution in [2.45, 2.75) is 72.6 Å². The van der Waals surface area contributed by atoms with Crippen molar-refractivity contribution in [3.05, 3.63) is 22.9 Å². The van der Waals surface area contributed by atoms with E-state index in [1.807, 2.05) is 7.05 Å². The summed E-state index contributed by atoms with van der Waals surface area (Å²) < 4.78 is 0. The van der Waals surface area contributed by atoms with Crippen LogP contribution in [0.2, 0.25) is 0 Å². The van der Waals surface area contributed by atoms with Crippen LogP contribution in [0.1, 0.15) is 72.6 Å². The van der Waals surface area contributed by atoms with Crippen LogP contribution in [0, 0.1) is 5.41 Å². The van der Waals surface area contributed by atoms with Crippen LogP contribution >= 0.6 is 0 Å². The molecule has 0 radical (unpaired) electrons. The lowest BCUT2D eigenvalue weighted by Gasteiger charge is -2.38. The van der Waals surface area contributed by atoms with E-state index in [0.29, 0.717) is 5.41 Å². The molecule has 0 amide bonds. The molecule has 0 fully saturated rings. The van der Waals surface area contributed by atoms with Gasteiger partial charge in [0.15, 0.2) is 0 Å². The first kappa shape index (κ1) is 15.3. The van der Waals surface area contributed by atoms with E-state index in [9.17, 15) is 0 Å². The minimum Gasteiger partial charge on any atom is -0.391 e. The van der Waals surface area contributed by atoms with Gasteiger partial charge >= 0.3 is 0 Å². The van der Waals surface area contributed by atoms with Crippen LogP contribution in [0.5, 0.6) is 0 Å². The highest BCUT2D eigenvalue weighted by atomic mass is 14.8. The minimum absolute atomic E-state index is 0.476. The summed E-state index contributed by atoms with van der Waals surface area (Å²) in [5, 5.41) is 3.32. The predicted molar refractivity (Wildman–Crippen MR) is 81.6 cm³/mol. The highest BCUT2D eigenvalue weighted by Crippen LogP contribution is 2.46. The van der Waals surface area contributed by atoms with Gasteiger partial charge in [0.2, 0.25) is 0 Å². The molecule has 1 heteroatoms. The van der Waals surface area contributed by atoms with Gasteiger partial charge in [0, 0.05) is 12.7 Å². The Morgan fingerprint density at radius 2 is 1.72 bits per heavy atom. The van der Waals surface area contributed by atoms with Crippen LogP contribution < -0.4 is 5.32 Å². The van der Waals surface area contributed by atoms with E-state index in [-0.39, 0.29) is 0 Å². The van der Waals surface area contributed by atoms with Crippen LogP contribution in [0.15, 0.2) is 22.9 Å². The van der Waals surface area contributed by atoms with E-state index in [0.717, 1.165) is 0 Å². The maximum absolute atomic E-state index is 3.32. The molecule has 104 valence electrons. The molecule has 0 aromatic heterocycles. The first-order valence-electron chi connectivity index (χ1n) is 7.72. The van der Waals surface area contributed by atoms with Crippen molar-refractivity contribution in [3.63, 3.8) is 0 Å². The summed E-state index contributed by atoms with van der Waals surface area (Å²) in [5.41, 5.74) is 5.14. The molecule has 1 N–H and O–H groups in total. The van der Waals surface area contributed by atoms with Crippen molar-refractivity contribution in [1.82, 2.24) is 5.32 Å². The summed E-state index contributed by atoms with van der Waals surface area (Å²) in [6.07, 6.45) is 11.4. The molecule has 18 heavy (non-hydrogen) atoms. The molecule has 0 unspecified atom stereocenters. The van der Waals surface area contributed by atoms with Gasteiger partial charge < -0.3 is 5.32 Å². The molecule has 0 bridgehead atoms. The van der Waals surface area contributed by atoms with E-state index in [1.54, 1.807) is 5.57 Å². The summed E-state index contributed by atoms with van der Waals surface area (Å²) >= 11 is 0. The lowest BCUT2D eigenvalue weighted by atomic mass is 9.67. The van der Waals surface area contributed by atoms with Gasteiger partial charge in [0.1, 0.15) is 0 Å². The van der Waals surface area contributed by atoms with Gasteiger partial charge in [-0.1, -0.05) is 39.2 Å². The smallest absolute Gasteiger partial charge is 0.0110 e. The fourth-order valence-electron chi connectivity index (χ4n) is 3.71. The zero-order valence-electron chi connectivity index (χ0n) is 13.0. The highest BCUT2D eigenvalue weighted by molar-refractivity contribution is 5.35. The quantitative estimate of drug-likeness (QED) is 0.654. The topological polar surface area (TPSA) is 12.0 Å². The second-order valence-electron chi connectivity index (χ2n) is 5.72. The molecule has 0 aromatic rings. The Bertz CT molecular complexity index is 317. The minimum atomic E-state index is 0.476. The summed E-state index contributed by atoms with van der Waals surface area (Å²) in [7, 11) is 2.04. The summed E-state index contributed by atoms with van der Waals surface area (Å²) in [6, 6.07) is 0. The van der Waals surface area contributed by atoms with Crippen molar-refractivity contribution in [3.8, 4) is 0 Å². The maximum Gasteiger partial charge on any atom is 0.0110 e. The maximum atomic E-state index is 3.32. The lowest BCUT2D eigenvalue weighted by molar-refractivity contribution is 0.270. The summed E-state index contributed by atoms with van der Waals surface area (Å²) in [6.45, 7) is 9.34. The molecule has 0 aliphatic heterocycles. The monoisotopic (exact) mass is 249 g/mol. The zero-order chi connectivity index (χ0) is 13.6. The number of nitrogens with one attached hydrogen (secondary N) is 1. The van der Waals surface area contributed by atoms with Gasteiger partial charge in [-0.2, -0.15) is 0 Å². The second-order valence-corrected chi connectivity index (χ2v) is 5.72. The highest BCUT2D eigenvalue weighted by Gasteiger charge is 2.32. The van der Waals surface area contributed by atoms with Gasteiger partial charge in [0.25, 0.3) is 0 Å². The van der Waals surface area contributed by atoms with Crippen LogP contribution in [-0.2, 0) is 0 Å². The van der Waals surface area contributed by atoms with Gasteiger partial charge in [-0.25, -0.2) is 0 Å². The van der Waals surface area contributed by atoms with Gasteiger partial charge in [-0.15, -0.1) is 0 Å².